The molecule has 0 unspecified atom stereocenters. The molecule has 2 amide bonds. The molecule has 0 radical (unpaired) electrons. The van der Waals surface area contributed by atoms with Gasteiger partial charge in [0, 0.05) is 17.8 Å². The second-order valence-electron chi connectivity index (χ2n) is 5.85. The van der Waals surface area contributed by atoms with Gasteiger partial charge in [0.15, 0.2) is 6.04 Å². The fraction of sp³-hybridized carbons (Fsp3) is 0.158. The largest absolute Gasteiger partial charge is 0.467 e. The molecule has 0 aliphatic carbocycles. The Bertz CT molecular complexity index is 880. The number of esters is 1. The number of nitrogens with zero attached hydrogens (tertiary/aromatic N) is 2. The monoisotopic (exact) mass is 367 g/mol. The Balaban J connectivity index is 1.96. The average Bonchev–Trinajstić information content (AvgIpc) is 3.02. The van der Waals surface area contributed by atoms with Gasteiger partial charge in [-0.2, -0.15) is 0 Å². The van der Waals surface area contributed by atoms with Crippen molar-refractivity contribution in [2.24, 2.45) is 0 Å². The van der Waals surface area contributed by atoms with Crippen LogP contribution in [-0.4, -0.2) is 36.1 Å². The van der Waals surface area contributed by atoms with Crippen LogP contribution in [0.5, 0.6) is 0 Å². The van der Waals surface area contributed by atoms with Gasteiger partial charge in [0.25, 0.3) is 5.69 Å². The number of anilines is 1. The molecule has 8 heteroatoms. The van der Waals surface area contributed by atoms with Gasteiger partial charge in [-0.15, -0.1) is 0 Å². The maximum absolute atomic E-state index is 12.5. The van der Waals surface area contributed by atoms with Crippen LogP contribution in [0, 0.1) is 10.1 Å². The van der Waals surface area contributed by atoms with E-state index in [4.69, 9.17) is 4.74 Å². The quantitative estimate of drug-likeness (QED) is 0.497. The van der Waals surface area contributed by atoms with E-state index in [1.807, 2.05) is 30.3 Å². The molecule has 1 aliphatic rings. The van der Waals surface area contributed by atoms with Crippen LogP contribution in [0.25, 0.3) is 6.08 Å². The zero-order valence-corrected chi connectivity index (χ0v) is 14.4. The van der Waals surface area contributed by atoms with Crippen LogP contribution in [-0.2, 0) is 9.53 Å². The number of methoxy groups -OCH3 is 1. The number of ether oxygens (including phenoxy) is 1. The summed E-state index contributed by atoms with van der Waals surface area (Å²) in [4.78, 5) is 36.3. The minimum absolute atomic E-state index is 0.0840. The Morgan fingerprint density at radius 1 is 1.19 bits per heavy atom. The second kappa shape index (κ2) is 7.69. The van der Waals surface area contributed by atoms with E-state index in [1.54, 1.807) is 12.2 Å². The maximum Gasteiger partial charge on any atom is 0.330 e. The molecule has 1 fully saturated rings. The molecular weight excluding hydrogens is 350 g/mol. The average molecular weight is 367 g/mol. The highest BCUT2D eigenvalue weighted by molar-refractivity contribution is 6.01. The molecule has 27 heavy (non-hydrogen) atoms. The van der Waals surface area contributed by atoms with E-state index in [0.717, 1.165) is 5.56 Å². The molecule has 1 heterocycles. The maximum atomic E-state index is 12.5. The summed E-state index contributed by atoms with van der Waals surface area (Å²) in [6.07, 6.45) is 3.54. The first kappa shape index (κ1) is 18.1. The van der Waals surface area contributed by atoms with Gasteiger partial charge in [-0.3, -0.25) is 15.0 Å². The zero-order chi connectivity index (χ0) is 19.4. The molecule has 2 aromatic carbocycles. The number of rotatable bonds is 5. The Kier molecular flexibility index (Phi) is 5.16. The molecule has 2 atom stereocenters. The lowest BCUT2D eigenvalue weighted by Crippen LogP contribution is -2.41. The number of non-ortho nitro benzene ring substituents is 1. The van der Waals surface area contributed by atoms with Gasteiger partial charge in [0.1, 0.15) is 0 Å². The van der Waals surface area contributed by atoms with Crippen molar-refractivity contribution < 1.29 is 19.2 Å². The first-order valence-corrected chi connectivity index (χ1v) is 8.16. The third kappa shape index (κ3) is 3.79. The van der Waals surface area contributed by atoms with Crippen LogP contribution in [0.1, 0.15) is 5.56 Å². The number of carbonyl (C=O) groups excluding carboxylic acids is 2. The molecule has 0 aromatic heterocycles. The van der Waals surface area contributed by atoms with Crippen molar-refractivity contribution in [3.05, 3.63) is 76.4 Å². The molecule has 1 saturated heterocycles. The molecule has 1 N–H and O–H groups in total. The summed E-state index contributed by atoms with van der Waals surface area (Å²) in [5, 5.41) is 13.4. The van der Waals surface area contributed by atoms with Crippen LogP contribution in [0.2, 0.25) is 0 Å². The fourth-order valence-electron chi connectivity index (χ4n) is 2.89. The molecule has 0 spiro atoms. The first-order valence-electron chi connectivity index (χ1n) is 8.16. The lowest BCUT2D eigenvalue weighted by atomic mass is 10.1. The Morgan fingerprint density at radius 2 is 1.85 bits per heavy atom. The van der Waals surface area contributed by atoms with Gasteiger partial charge in [-0.05, 0) is 17.7 Å². The normalized spacial score (nSPS) is 19.1. The lowest BCUT2D eigenvalue weighted by Gasteiger charge is -2.22. The molecule has 1 aliphatic heterocycles. The van der Waals surface area contributed by atoms with Crippen molar-refractivity contribution in [3.8, 4) is 0 Å². The number of carbonyl (C=O) groups is 2. The summed E-state index contributed by atoms with van der Waals surface area (Å²) in [6, 6.07) is 13.0. The molecular formula is C19H17N3O5. The van der Waals surface area contributed by atoms with Gasteiger partial charge in [-0.25, -0.2) is 9.59 Å². The minimum Gasteiger partial charge on any atom is -0.467 e. The van der Waals surface area contributed by atoms with E-state index in [0.29, 0.717) is 5.69 Å². The summed E-state index contributed by atoms with van der Waals surface area (Å²) in [7, 11) is 1.25. The number of amides is 2. The number of urea groups is 1. The van der Waals surface area contributed by atoms with Crippen molar-refractivity contribution in [1.82, 2.24) is 5.32 Å². The van der Waals surface area contributed by atoms with Gasteiger partial charge in [-0.1, -0.05) is 42.5 Å². The van der Waals surface area contributed by atoms with Gasteiger partial charge < -0.3 is 10.1 Å². The van der Waals surface area contributed by atoms with E-state index in [-0.39, 0.29) is 5.69 Å². The molecule has 138 valence electrons. The number of nitro groups is 1. The SMILES string of the molecule is COC(=O)[C@@H]1NC(=O)N(c2ccc([N+](=O)[O-])cc2)[C@H]1/C=C/c1ccccc1. The van der Waals surface area contributed by atoms with Gasteiger partial charge in [0.05, 0.1) is 18.1 Å². The molecule has 2 aromatic rings. The summed E-state index contributed by atoms with van der Waals surface area (Å²) < 4.78 is 4.80. The third-order valence-electron chi connectivity index (χ3n) is 4.22. The number of nitro benzene ring substituents is 1. The van der Waals surface area contributed by atoms with E-state index in [2.05, 4.69) is 5.32 Å². The third-order valence-corrected chi connectivity index (χ3v) is 4.22. The predicted molar refractivity (Wildman–Crippen MR) is 99.2 cm³/mol. The summed E-state index contributed by atoms with van der Waals surface area (Å²) in [6.45, 7) is 0. The Labute approximate surface area is 155 Å². The van der Waals surface area contributed by atoms with E-state index >= 15 is 0 Å². The standard InChI is InChI=1S/C19H17N3O5/c1-27-18(23)17-16(12-7-13-5-3-2-4-6-13)21(19(24)20-17)14-8-10-15(11-9-14)22(25)26/h2-12,16-17H,1H3,(H,20,24)/b12-7+/t16-,17+/m0/s1. The highest BCUT2D eigenvalue weighted by Gasteiger charge is 2.43. The lowest BCUT2D eigenvalue weighted by molar-refractivity contribution is -0.384. The highest BCUT2D eigenvalue weighted by Crippen LogP contribution is 2.27. The highest BCUT2D eigenvalue weighted by atomic mass is 16.6. The Morgan fingerprint density at radius 3 is 2.44 bits per heavy atom. The topological polar surface area (TPSA) is 102 Å². The molecule has 0 bridgehead atoms. The van der Waals surface area contributed by atoms with Crippen LogP contribution in [0.4, 0.5) is 16.2 Å². The van der Waals surface area contributed by atoms with Gasteiger partial charge >= 0.3 is 12.0 Å². The van der Waals surface area contributed by atoms with E-state index in [1.165, 1.54) is 36.3 Å². The van der Waals surface area contributed by atoms with Crippen molar-refractivity contribution in [1.29, 1.82) is 0 Å². The van der Waals surface area contributed by atoms with Gasteiger partial charge in [0.2, 0.25) is 0 Å². The number of nitrogens with one attached hydrogen (secondary N) is 1. The summed E-state index contributed by atoms with van der Waals surface area (Å²) in [5.74, 6) is -0.574. The van der Waals surface area contributed by atoms with Crippen LogP contribution in [0.3, 0.4) is 0 Å². The fourth-order valence-corrected chi connectivity index (χ4v) is 2.89. The first-order chi connectivity index (χ1) is 13.0. The minimum atomic E-state index is -0.891. The molecule has 3 rings (SSSR count). The van der Waals surface area contributed by atoms with E-state index in [9.17, 15) is 19.7 Å². The van der Waals surface area contributed by atoms with Crippen molar-refractivity contribution >= 4 is 29.5 Å². The Hall–Kier alpha value is -3.68. The van der Waals surface area contributed by atoms with Crippen molar-refractivity contribution in [3.63, 3.8) is 0 Å². The van der Waals surface area contributed by atoms with Crippen LogP contribution in [0.15, 0.2) is 60.7 Å². The predicted octanol–water partition coefficient (Wildman–Crippen LogP) is 2.75. The molecule has 0 saturated carbocycles. The van der Waals surface area contributed by atoms with E-state index < -0.39 is 29.0 Å². The number of hydrogen-bond donors (Lipinski definition) is 1. The van der Waals surface area contributed by atoms with Crippen LogP contribution >= 0.6 is 0 Å². The number of hydrogen-bond acceptors (Lipinski definition) is 5. The van der Waals surface area contributed by atoms with Crippen LogP contribution < -0.4 is 10.2 Å². The summed E-state index contributed by atoms with van der Waals surface area (Å²) in [5.41, 5.74) is 1.26. The van der Waals surface area contributed by atoms with Crippen molar-refractivity contribution in [2.75, 3.05) is 12.0 Å². The summed E-state index contributed by atoms with van der Waals surface area (Å²) >= 11 is 0. The zero-order valence-electron chi connectivity index (χ0n) is 14.4. The van der Waals surface area contributed by atoms with Crippen molar-refractivity contribution in [2.45, 2.75) is 12.1 Å². The second-order valence-corrected chi connectivity index (χ2v) is 5.85. The smallest absolute Gasteiger partial charge is 0.330 e. The molecule has 8 nitrogen and oxygen atoms in total. The number of benzene rings is 2.